The minimum Gasteiger partial charge on any atom is -0.481 e. The lowest BCUT2D eigenvalue weighted by Gasteiger charge is -2.26. The maximum Gasteiger partial charge on any atom is 0.307 e. The van der Waals surface area contributed by atoms with Gasteiger partial charge >= 0.3 is 5.97 Å². The van der Waals surface area contributed by atoms with Gasteiger partial charge in [-0.2, -0.15) is 0 Å². The van der Waals surface area contributed by atoms with E-state index in [9.17, 15) is 4.79 Å². The highest BCUT2D eigenvalue weighted by Crippen LogP contribution is 2.25. The van der Waals surface area contributed by atoms with Crippen molar-refractivity contribution in [2.24, 2.45) is 11.8 Å². The van der Waals surface area contributed by atoms with Crippen molar-refractivity contribution in [2.75, 3.05) is 13.1 Å². The van der Waals surface area contributed by atoms with Crippen LogP contribution in [0.25, 0.3) is 0 Å². The molecule has 0 spiro atoms. The summed E-state index contributed by atoms with van der Waals surface area (Å²) >= 11 is 0. The third-order valence-corrected chi connectivity index (χ3v) is 2.89. The van der Waals surface area contributed by atoms with Crippen LogP contribution in [-0.4, -0.2) is 24.2 Å². The summed E-state index contributed by atoms with van der Waals surface area (Å²) in [6.07, 6.45) is 4.70. The number of hydrogen-bond donors (Lipinski definition) is 2. The second-order valence-corrected chi connectivity index (χ2v) is 3.90. The second kappa shape index (κ2) is 5.22. The molecule has 0 radical (unpaired) electrons. The Labute approximate surface area is 79.5 Å². The van der Waals surface area contributed by atoms with Crippen molar-refractivity contribution in [3.8, 4) is 0 Å². The molecule has 2 N–H and O–H groups in total. The first-order valence-electron chi connectivity index (χ1n) is 5.17. The molecule has 1 saturated carbocycles. The Morgan fingerprint density at radius 3 is 2.69 bits per heavy atom. The Morgan fingerprint density at radius 2 is 2.31 bits per heavy atom. The zero-order chi connectivity index (χ0) is 9.68. The largest absolute Gasteiger partial charge is 0.481 e. The Bertz CT molecular complexity index is 166. The summed E-state index contributed by atoms with van der Waals surface area (Å²) in [5, 5.41) is 12.0. The van der Waals surface area contributed by atoms with Gasteiger partial charge < -0.3 is 10.4 Å². The van der Waals surface area contributed by atoms with Gasteiger partial charge in [-0.3, -0.25) is 4.79 Å². The lowest BCUT2D eigenvalue weighted by molar-refractivity contribution is -0.141. The molecule has 0 bridgehead atoms. The molecule has 13 heavy (non-hydrogen) atoms. The standard InChI is InChI=1S/C10H19NO2/c1-2-9(10(12)13)7-11-6-8-4-3-5-8/h8-9,11H,2-7H2,1H3,(H,12,13). The van der Waals surface area contributed by atoms with Crippen molar-refractivity contribution in [3.63, 3.8) is 0 Å². The zero-order valence-corrected chi connectivity index (χ0v) is 8.25. The average molecular weight is 185 g/mol. The minimum atomic E-state index is -0.677. The van der Waals surface area contributed by atoms with Crippen LogP contribution in [0.2, 0.25) is 0 Å². The van der Waals surface area contributed by atoms with Crippen LogP contribution >= 0.6 is 0 Å². The van der Waals surface area contributed by atoms with E-state index >= 15 is 0 Å². The van der Waals surface area contributed by atoms with Crippen LogP contribution in [0.3, 0.4) is 0 Å². The van der Waals surface area contributed by atoms with Gasteiger partial charge in [0.1, 0.15) is 0 Å². The quantitative estimate of drug-likeness (QED) is 0.659. The molecule has 1 aliphatic rings. The van der Waals surface area contributed by atoms with Gasteiger partial charge in [0.2, 0.25) is 0 Å². The molecule has 0 heterocycles. The molecule has 76 valence electrons. The predicted molar refractivity (Wildman–Crippen MR) is 51.6 cm³/mol. The third kappa shape index (κ3) is 3.35. The van der Waals surface area contributed by atoms with Crippen LogP contribution in [0, 0.1) is 11.8 Å². The summed E-state index contributed by atoms with van der Waals surface area (Å²) in [5.41, 5.74) is 0. The highest BCUT2D eigenvalue weighted by Gasteiger charge is 2.18. The van der Waals surface area contributed by atoms with Gasteiger partial charge in [-0.05, 0) is 31.7 Å². The average Bonchev–Trinajstić information content (AvgIpc) is 2.00. The van der Waals surface area contributed by atoms with Gasteiger partial charge in [-0.1, -0.05) is 13.3 Å². The van der Waals surface area contributed by atoms with E-state index in [2.05, 4.69) is 5.32 Å². The van der Waals surface area contributed by atoms with Crippen molar-refractivity contribution < 1.29 is 9.90 Å². The van der Waals surface area contributed by atoms with Gasteiger partial charge in [0, 0.05) is 6.54 Å². The monoisotopic (exact) mass is 185 g/mol. The Morgan fingerprint density at radius 1 is 1.62 bits per heavy atom. The van der Waals surface area contributed by atoms with E-state index in [1.807, 2.05) is 6.92 Å². The highest BCUT2D eigenvalue weighted by molar-refractivity contribution is 5.70. The van der Waals surface area contributed by atoms with E-state index in [-0.39, 0.29) is 5.92 Å². The molecule has 3 heteroatoms. The lowest BCUT2D eigenvalue weighted by atomic mass is 9.85. The summed E-state index contributed by atoms with van der Waals surface area (Å²) in [6, 6.07) is 0. The summed E-state index contributed by atoms with van der Waals surface area (Å²) in [6.45, 7) is 3.55. The van der Waals surface area contributed by atoms with Crippen LogP contribution in [0.1, 0.15) is 32.6 Å². The number of rotatable bonds is 6. The predicted octanol–water partition coefficient (Wildman–Crippen LogP) is 1.49. The molecule has 1 fully saturated rings. The van der Waals surface area contributed by atoms with Crippen LogP contribution in [-0.2, 0) is 4.79 Å². The Balaban J connectivity index is 2.05. The molecule has 3 nitrogen and oxygen atoms in total. The van der Waals surface area contributed by atoms with Crippen LogP contribution in [0.4, 0.5) is 0 Å². The van der Waals surface area contributed by atoms with Crippen molar-refractivity contribution in [3.05, 3.63) is 0 Å². The van der Waals surface area contributed by atoms with Gasteiger partial charge in [-0.25, -0.2) is 0 Å². The maximum atomic E-state index is 10.6. The number of carboxylic acids is 1. The number of nitrogens with one attached hydrogen (secondary N) is 1. The number of aliphatic carboxylic acids is 1. The molecule has 0 aromatic carbocycles. The van der Waals surface area contributed by atoms with Crippen molar-refractivity contribution in [1.29, 1.82) is 0 Å². The Kier molecular flexibility index (Phi) is 4.22. The molecule has 1 aliphatic carbocycles. The first-order valence-corrected chi connectivity index (χ1v) is 5.17. The fraction of sp³-hybridized carbons (Fsp3) is 0.900. The highest BCUT2D eigenvalue weighted by atomic mass is 16.4. The van der Waals surface area contributed by atoms with E-state index in [0.717, 1.165) is 12.5 Å². The van der Waals surface area contributed by atoms with Crippen molar-refractivity contribution >= 4 is 5.97 Å². The molecular formula is C10H19NO2. The molecule has 0 aliphatic heterocycles. The fourth-order valence-electron chi connectivity index (χ4n) is 1.56. The van der Waals surface area contributed by atoms with Crippen LogP contribution < -0.4 is 5.32 Å². The summed E-state index contributed by atoms with van der Waals surface area (Å²) in [4.78, 5) is 10.6. The topological polar surface area (TPSA) is 49.3 Å². The summed E-state index contributed by atoms with van der Waals surface area (Å²) in [7, 11) is 0. The second-order valence-electron chi connectivity index (χ2n) is 3.90. The van der Waals surface area contributed by atoms with Crippen LogP contribution in [0.5, 0.6) is 0 Å². The van der Waals surface area contributed by atoms with Crippen molar-refractivity contribution in [2.45, 2.75) is 32.6 Å². The number of carbonyl (C=O) groups is 1. The van der Waals surface area contributed by atoms with E-state index in [1.165, 1.54) is 19.3 Å². The molecule has 1 atom stereocenters. The van der Waals surface area contributed by atoms with Gasteiger partial charge in [0.25, 0.3) is 0 Å². The summed E-state index contributed by atoms with van der Waals surface area (Å²) < 4.78 is 0. The third-order valence-electron chi connectivity index (χ3n) is 2.89. The first kappa shape index (κ1) is 10.5. The van der Waals surface area contributed by atoms with Crippen LogP contribution in [0.15, 0.2) is 0 Å². The summed E-state index contributed by atoms with van der Waals surface area (Å²) in [5.74, 6) is -0.0741. The molecule has 1 rings (SSSR count). The molecular weight excluding hydrogens is 166 g/mol. The molecule has 0 aromatic heterocycles. The van der Waals surface area contributed by atoms with E-state index < -0.39 is 5.97 Å². The Hall–Kier alpha value is -0.570. The molecule has 0 amide bonds. The van der Waals surface area contributed by atoms with Gasteiger partial charge in [0.05, 0.1) is 5.92 Å². The zero-order valence-electron chi connectivity index (χ0n) is 8.25. The maximum absolute atomic E-state index is 10.6. The van der Waals surface area contributed by atoms with E-state index in [1.54, 1.807) is 0 Å². The SMILES string of the molecule is CCC(CNCC1CCC1)C(=O)O. The lowest BCUT2D eigenvalue weighted by Crippen LogP contribution is -2.33. The first-order chi connectivity index (χ1) is 6.24. The molecule has 0 saturated heterocycles. The molecule has 0 aromatic rings. The fourth-order valence-corrected chi connectivity index (χ4v) is 1.56. The normalized spacial score (nSPS) is 19.5. The number of carboxylic acid groups (broad SMARTS) is 1. The smallest absolute Gasteiger partial charge is 0.307 e. The van der Waals surface area contributed by atoms with Gasteiger partial charge in [-0.15, -0.1) is 0 Å². The van der Waals surface area contributed by atoms with E-state index in [4.69, 9.17) is 5.11 Å². The number of hydrogen-bond acceptors (Lipinski definition) is 2. The van der Waals surface area contributed by atoms with E-state index in [0.29, 0.717) is 13.0 Å². The molecule has 1 unspecified atom stereocenters. The van der Waals surface area contributed by atoms with Crippen molar-refractivity contribution in [1.82, 2.24) is 5.32 Å². The minimum absolute atomic E-state index is 0.208. The van der Waals surface area contributed by atoms with Gasteiger partial charge in [0.15, 0.2) is 0 Å².